The Bertz CT molecular complexity index is 221. The largest absolute Gasteiger partial charge is 0.472 e. The molecule has 7 heteroatoms. The summed E-state index contributed by atoms with van der Waals surface area (Å²) in [6.07, 6.45) is -0.884. The molecule has 0 bridgehead atoms. The van der Waals surface area contributed by atoms with E-state index in [0.717, 1.165) is 0 Å². The van der Waals surface area contributed by atoms with Crippen molar-refractivity contribution >= 4 is 15.7 Å². The number of hydrogen-bond acceptors (Lipinski definition) is 4. The van der Waals surface area contributed by atoms with Crippen molar-refractivity contribution < 1.29 is 23.2 Å². The smallest absolute Gasteiger partial charge is 0.380 e. The molecule has 1 N–H and O–H groups in total. The van der Waals surface area contributed by atoms with Gasteiger partial charge in [-0.15, -0.1) is 0 Å². The van der Waals surface area contributed by atoms with Gasteiger partial charge in [0.25, 0.3) is 0 Å². The number of rotatable bonds is 2. The molecule has 0 aromatic rings. The van der Waals surface area contributed by atoms with Crippen LogP contribution in [0.1, 0.15) is 13.8 Å². The highest BCUT2D eigenvalue weighted by atomic mass is 31.2. The van der Waals surface area contributed by atoms with Crippen molar-refractivity contribution in [3.8, 4) is 0 Å². The Morgan fingerprint density at radius 2 is 2.38 bits per heavy atom. The molecule has 1 saturated heterocycles. The molecule has 74 valence electrons. The molecule has 1 fully saturated rings. The van der Waals surface area contributed by atoms with Gasteiger partial charge < -0.3 is 9.63 Å². The van der Waals surface area contributed by atoms with Crippen LogP contribution in [0.3, 0.4) is 0 Å². The maximum Gasteiger partial charge on any atom is 0.472 e. The molecule has 0 amide bonds. The number of phosphoric acid groups is 1. The minimum Gasteiger partial charge on any atom is -0.380 e. The van der Waals surface area contributed by atoms with E-state index in [-0.39, 0.29) is 6.61 Å². The normalized spacial score (nSPS) is 43.0. The maximum atomic E-state index is 10.9. The Labute approximate surface area is 78.4 Å². The average molecular weight is 206 g/mol. The number of hydrogen-bond donors (Lipinski definition) is 1. The molecular weight excluding hydrogens is 194 g/mol. The predicted molar refractivity (Wildman–Crippen MR) is 46.4 cm³/mol. The molecule has 0 aliphatic carbocycles. The maximum absolute atomic E-state index is 10.9. The fourth-order valence-corrected chi connectivity index (χ4v) is 1.99. The summed E-state index contributed by atoms with van der Waals surface area (Å²) in [4.78, 5) is 8.92. The first-order valence-electron chi connectivity index (χ1n) is 3.97. The Morgan fingerprint density at radius 3 is 2.85 bits per heavy atom. The first-order chi connectivity index (χ1) is 5.91. The zero-order valence-electron chi connectivity index (χ0n) is 7.54. The van der Waals surface area contributed by atoms with E-state index in [2.05, 4.69) is 4.52 Å². The van der Waals surface area contributed by atoms with Crippen molar-refractivity contribution in [3.05, 3.63) is 0 Å². The van der Waals surface area contributed by atoms with Gasteiger partial charge in [-0.2, -0.15) is 0 Å². The monoisotopic (exact) mass is 206 g/mol. The van der Waals surface area contributed by atoms with Crippen molar-refractivity contribution in [2.24, 2.45) is 0 Å². The summed E-state index contributed by atoms with van der Waals surface area (Å²) in [7, 11) is 1.54. The van der Waals surface area contributed by atoms with Gasteiger partial charge in [-0.3, -0.25) is 9.05 Å². The van der Waals surface area contributed by atoms with Gasteiger partial charge in [-0.1, -0.05) is 0 Å². The lowest BCUT2D eigenvalue weighted by molar-refractivity contribution is -0.0911. The van der Waals surface area contributed by atoms with Crippen molar-refractivity contribution in [2.45, 2.75) is 32.1 Å². The zero-order valence-corrected chi connectivity index (χ0v) is 8.44. The first-order valence-corrected chi connectivity index (χ1v) is 5.47. The van der Waals surface area contributed by atoms with Crippen molar-refractivity contribution in [3.63, 3.8) is 0 Å². The van der Waals surface area contributed by atoms with Gasteiger partial charge in [0.05, 0.1) is 12.7 Å². The van der Waals surface area contributed by atoms with E-state index in [1.54, 1.807) is 13.8 Å². The zero-order chi connectivity index (χ0) is 10.1. The van der Waals surface area contributed by atoms with E-state index in [4.69, 9.17) is 22.0 Å². The quantitative estimate of drug-likeness (QED) is 0.523. The van der Waals surface area contributed by atoms with Crippen LogP contribution in [0.4, 0.5) is 0 Å². The molecule has 0 aromatic carbocycles. The molecule has 1 aliphatic heterocycles. The third-order valence-electron chi connectivity index (χ3n) is 1.61. The highest BCUT2D eigenvalue weighted by Crippen LogP contribution is 2.48. The van der Waals surface area contributed by atoms with Crippen LogP contribution in [0.2, 0.25) is 0 Å². The van der Waals surface area contributed by atoms with Crippen LogP contribution in [0, 0.1) is 0 Å². The predicted octanol–water partition coefficient (Wildman–Crippen LogP) is 0.422. The van der Waals surface area contributed by atoms with Crippen molar-refractivity contribution in [2.75, 3.05) is 6.61 Å². The Balaban J connectivity index is 2.49. The second-order valence-corrected chi connectivity index (χ2v) is 4.36. The highest BCUT2D eigenvalue weighted by molar-refractivity contribution is 7.47. The third kappa shape index (κ3) is 3.40. The minimum absolute atomic E-state index is 0.0243. The van der Waals surface area contributed by atoms with E-state index in [1.165, 1.54) is 0 Å². The standard InChI is InChI=1S/C6H12BO5P/c1-4-6(11-5(2)7)3-10-13(8,9)12-4/h4-6H,3H2,1-2H3,(H,8,9)/t4-,5+,6+/m0/s1. The van der Waals surface area contributed by atoms with Crippen LogP contribution in [0.5, 0.6) is 0 Å². The lowest BCUT2D eigenvalue weighted by atomic mass is 10.0. The molecule has 1 unspecified atom stereocenters. The SMILES string of the molecule is [B][C@@H](C)O[C@@H]1COP(=O)(O)O[C@H]1C. The molecule has 1 rings (SSSR count). The summed E-state index contributed by atoms with van der Waals surface area (Å²) >= 11 is 0. The minimum atomic E-state index is -3.84. The second kappa shape index (κ2) is 4.11. The van der Waals surface area contributed by atoms with Gasteiger partial charge in [0.1, 0.15) is 14.0 Å². The molecule has 1 aliphatic rings. The van der Waals surface area contributed by atoms with Crippen LogP contribution in [-0.4, -0.2) is 37.6 Å². The Hall–Kier alpha value is 0.135. The molecule has 0 aromatic heterocycles. The van der Waals surface area contributed by atoms with Gasteiger partial charge in [0.2, 0.25) is 0 Å². The van der Waals surface area contributed by atoms with Crippen LogP contribution < -0.4 is 0 Å². The van der Waals surface area contributed by atoms with E-state index in [9.17, 15) is 4.57 Å². The molecule has 5 nitrogen and oxygen atoms in total. The average Bonchev–Trinajstić information content (AvgIpc) is 1.93. The second-order valence-electron chi connectivity index (χ2n) is 2.95. The lowest BCUT2D eigenvalue weighted by Gasteiger charge is -2.32. The fraction of sp³-hybridized carbons (Fsp3) is 1.00. The molecule has 1 heterocycles. The van der Waals surface area contributed by atoms with Crippen molar-refractivity contribution in [1.29, 1.82) is 0 Å². The third-order valence-corrected chi connectivity index (χ3v) is 2.69. The summed E-state index contributed by atoms with van der Waals surface area (Å²) in [5.41, 5.74) is 0. The topological polar surface area (TPSA) is 65.0 Å². The summed E-state index contributed by atoms with van der Waals surface area (Å²) in [5, 5.41) is 0. The van der Waals surface area contributed by atoms with Gasteiger partial charge in [-0.25, -0.2) is 4.57 Å². The highest BCUT2D eigenvalue weighted by Gasteiger charge is 2.36. The van der Waals surface area contributed by atoms with Gasteiger partial charge >= 0.3 is 7.82 Å². The lowest BCUT2D eigenvalue weighted by Crippen LogP contribution is -2.38. The molecular formula is C6H12BO5P. The summed E-state index contributed by atoms with van der Waals surface area (Å²) in [6, 6.07) is -0.448. The van der Waals surface area contributed by atoms with E-state index < -0.39 is 26.0 Å². The van der Waals surface area contributed by atoms with E-state index in [1.807, 2.05) is 0 Å². The van der Waals surface area contributed by atoms with Crippen LogP contribution in [0.15, 0.2) is 0 Å². The molecule has 13 heavy (non-hydrogen) atoms. The number of phosphoric ester groups is 1. The summed E-state index contributed by atoms with van der Waals surface area (Å²) in [5.74, 6) is 0. The van der Waals surface area contributed by atoms with Gasteiger partial charge in [-0.05, 0) is 13.8 Å². The van der Waals surface area contributed by atoms with Crippen molar-refractivity contribution in [1.82, 2.24) is 0 Å². The van der Waals surface area contributed by atoms with Gasteiger partial charge in [0.15, 0.2) is 0 Å². The summed E-state index contributed by atoms with van der Waals surface area (Å²) in [6.45, 7) is 3.33. The van der Waals surface area contributed by atoms with E-state index >= 15 is 0 Å². The summed E-state index contributed by atoms with van der Waals surface area (Å²) < 4.78 is 25.3. The molecule has 0 saturated carbocycles. The Kier molecular flexibility index (Phi) is 3.54. The fourth-order valence-electron chi connectivity index (χ4n) is 1.04. The van der Waals surface area contributed by atoms with E-state index in [0.29, 0.717) is 0 Å². The van der Waals surface area contributed by atoms with Crippen LogP contribution in [0.25, 0.3) is 0 Å². The Morgan fingerprint density at radius 1 is 1.77 bits per heavy atom. The van der Waals surface area contributed by atoms with Crippen LogP contribution in [-0.2, 0) is 18.3 Å². The molecule has 4 atom stereocenters. The van der Waals surface area contributed by atoms with Crippen LogP contribution >= 0.6 is 7.82 Å². The van der Waals surface area contributed by atoms with Gasteiger partial charge in [0, 0.05) is 6.00 Å². The molecule has 0 spiro atoms. The molecule has 2 radical (unpaired) electrons. The first kappa shape index (κ1) is 11.2. The number of ether oxygens (including phenoxy) is 1.